The number of primary amides is 1. The quantitative estimate of drug-likeness (QED) is 0.477. The normalized spacial score (nSPS) is 13.1. The molecule has 7 heteroatoms. The summed E-state index contributed by atoms with van der Waals surface area (Å²) in [5.41, 5.74) is 5.08. The summed E-state index contributed by atoms with van der Waals surface area (Å²) in [6, 6.07) is 5.40. The summed E-state index contributed by atoms with van der Waals surface area (Å²) < 4.78 is 19.4. The van der Waals surface area contributed by atoms with Crippen LogP contribution in [0.15, 0.2) is 23.0 Å². The number of unbranched alkanes of at least 4 members (excludes halogenated alkanes) is 1. The van der Waals surface area contributed by atoms with Gasteiger partial charge in [-0.05, 0) is 37.0 Å². The highest BCUT2D eigenvalue weighted by Gasteiger charge is 2.37. The van der Waals surface area contributed by atoms with Gasteiger partial charge in [-0.1, -0.05) is 54.9 Å². The topological polar surface area (TPSA) is 92.8 Å². The van der Waals surface area contributed by atoms with Crippen LogP contribution in [0.3, 0.4) is 0 Å². The molecule has 7 nitrogen and oxygen atoms in total. The van der Waals surface area contributed by atoms with Crippen LogP contribution in [0.25, 0.3) is 10.8 Å². The van der Waals surface area contributed by atoms with E-state index in [0.29, 0.717) is 47.7 Å². The summed E-state index contributed by atoms with van der Waals surface area (Å²) in [5.74, 6) is 1.18. The number of pyridine rings is 1. The molecular formula is C26H40N2O5. The van der Waals surface area contributed by atoms with Gasteiger partial charge in [0.25, 0.3) is 5.56 Å². The lowest BCUT2D eigenvalue weighted by Gasteiger charge is -2.35. The summed E-state index contributed by atoms with van der Waals surface area (Å²) in [6.45, 7) is 17.4. The second-order valence-corrected chi connectivity index (χ2v) is 10.7. The van der Waals surface area contributed by atoms with E-state index in [1.807, 2.05) is 33.8 Å². The summed E-state index contributed by atoms with van der Waals surface area (Å²) in [7, 11) is 0. The second-order valence-electron chi connectivity index (χ2n) is 10.7. The van der Waals surface area contributed by atoms with Gasteiger partial charge in [0.1, 0.15) is 11.4 Å². The predicted octanol–water partition coefficient (Wildman–Crippen LogP) is 5.81. The minimum Gasteiger partial charge on any atom is -0.494 e. The molecule has 1 aromatic carbocycles. The van der Waals surface area contributed by atoms with Crippen LogP contribution in [0.5, 0.6) is 11.5 Å². The van der Waals surface area contributed by atoms with Crippen molar-refractivity contribution in [3.8, 4) is 11.5 Å². The third kappa shape index (κ3) is 6.65. The molecule has 2 aromatic rings. The van der Waals surface area contributed by atoms with Crippen LogP contribution in [0.2, 0.25) is 0 Å². The molecule has 2 N–H and O–H groups in total. The highest BCUT2D eigenvalue weighted by atomic mass is 16.6. The Kier molecular flexibility index (Phi) is 8.44. The number of nitrogens with two attached hydrogens (primary N) is 1. The van der Waals surface area contributed by atoms with E-state index < -0.39 is 17.6 Å². The van der Waals surface area contributed by atoms with Crippen molar-refractivity contribution in [3.63, 3.8) is 0 Å². The Hall–Kier alpha value is -2.70. The zero-order valence-electron chi connectivity index (χ0n) is 21.4. The molecule has 0 radical (unpaired) electrons. The Morgan fingerprint density at radius 3 is 2.24 bits per heavy atom. The molecule has 1 unspecified atom stereocenters. The van der Waals surface area contributed by atoms with Crippen LogP contribution in [-0.2, 0) is 11.3 Å². The maximum atomic E-state index is 13.8. The molecule has 184 valence electrons. The molecule has 0 aliphatic rings. The van der Waals surface area contributed by atoms with Gasteiger partial charge in [0.2, 0.25) is 0 Å². The number of nitrogens with zero attached hydrogens (tertiary/aromatic N) is 1. The van der Waals surface area contributed by atoms with E-state index in [-0.39, 0.29) is 11.0 Å². The van der Waals surface area contributed by atoms with Gasteiger partial charge in [0, 0.05) is 17.3 Å². The molecule has 1 amide bonds. The van der Waals surface area contributed by atoms with Gasteiger partial charge in [0.15, 0.2) is 11.9 Å². The van der Waals surface area contributed by atoms with Gasteiger partial charge >= 0.3 is 6.09 Å². The molecule has 0 aliphatic heterocycles. The first-order valence-electron chi connectivity index (χ1n) is 11.7. The lowest BCUT2D eigenvalue weighted by Crippen LogP contribution is -2.36. The van der Waals surface area contributed by atoms with Crippen LogP contribution in [0, 0.1) is 10.8 Å². The Morgan fingerprint density at radius 2 is 1.73 bits per heavy atom. The first-order valence-corrected chi connectivity index (χ1v) is 11.7. The minimum atomic E-state index is -0.896. The lowest BCUT2D eigenvalue weighted by molar-refractivity contribution is 0.0269. The number of hydrogen-bond acceptors (Lipinski definition) is 5. The van der Waals surface area contributed by atoms with E-state index in [1.165, 1.54) is 0 Å². The van der Waals surface area contributed by atoms with Crippen LogP contribution >= 0.6 is 0 Å². The average Bonchev–Trinajstić information content (AvgIpc) is 2.68. The largest absolute Gasteiger partial charge is 0.494 e. The van der Waals surface area contributed by atoms with E-state index in [0.717, 1.165) is 12.8 Å². The Bertz CT molecular complexity index is 1030. The molecule has 0 saturated heterocycles. The van der Waals surface area contributed by atoms with Gasteiger partial charge in [0.05, 0.1) is 18.6 Å². The zero-order valence-corrected chi connectivity index (χ0v) is 21.4. The molecule has 1 aromatic heterocycles. The van der Waals surface area contributed by atoms with Crippen LogP contribution in [-0.4, -0.2) is 23.9 Å². The summed E-state index contributed by atoms with van der Waals surface area (Å²) in [6.07, 6.45) is 0.121. The number of rotatable bonds is 9. The van der Waals surface area contributed by atoms with Gasteiger partial charge < -0.3 is 24.5 Å². The van der Waals surface area contributed by atoms with Gasteiger partial charge in [-0.2, -0.15) is 0 Å². The Labute approximate surface area is 197 Å². The van der Waals surface area contributed by atoms with Crippen molar-refractivity contribution in [1.29, 1.82) is 0 Å². The average molecular weight is 461 g/mol. The fourth-order valence-electron chi connectivity index (χ4n) is 3.79. The Morgan fingerprint density at radius 1 is 1.06 bits per heavy atom. The molecule has 0 fully saturated rings. The predicted molar refractivity (Wildman–Crippen MR) is 132 cm³/mol. The smallest absolute Gasteiger partial charge is 0.405 e. The molecule has 1 heterocycles. The molecule has 0 bridgehead atoms. The summed E-state index contributed by atoms with van der Waals surface area (Å²) in [4.78, 5) is 25.7. The van der Waals surface area contributed by atoms with Gasteiger partial charge in [-0.15, -0.1) is 0 Å². The van der Waals surface area contributed by atoms with Crippen LogP contribution in [0.4, 0.5) is 4.79 Å². The molecule has 0 spiro atoms. The second kappa shape index (κ2) is 10.5. The SMILES string of the molecule is CCCCOc1c(C(OC(N)=O)C(C)(C)C)n(CC(C)(C)C)c(=O)c2ccc(OCC)cc12. The van der Waals surface area contributed by atoms with Crippen molar-refractivity contribution >= 4 is 16.9 Å². The highest BCUT2D eigenvalue weighted by Crippen LogP contribution is 2.43. The van der Waals surface area contributed by atoms with Crippen LogP contribution in [0.1, 0.15) is 80.0 Å². The van der Waals surface area contributed by atoms with E-state index >= 15 is 0 Å². The van der Waals surface area contributed by atoms with E-state index in [1.54, 1.807) is 16.7 Å². The number of carbonyl (C=O) groups excluding carboxylic acids is 1. The first kappa shape index (κ1) is 26.6. The highest BCUT2D eigenvalue weighted by molar-refractivity contribution is 5.90. The third-order valence-corrected chi connectivity index (χ3v) is 5.19. The molecule has 2 rings (SSSR count). The van der Waals surface area contributed by atoms with E-state index in [2.05, 4.69) is 27.7 Å². The lowest BCUT2D eigenvalue weighted by atomic mass is 9.85. The molecule has 0 aliphatic carbocycles. The monoisotopic (exact) mass is 460 g/mol. The minimum absolute atomic E-state index is 0.164. The molecule has 1 atom stereocenters. The number of hydrogen-bond donors (Lipinski definition) is 1. The summed E-state index contributed by atoms with van der Waals surface area (Å²) in [5, 5.41) is 1.18. The van der Waals surface area contributed by atoms with Gasteiger partial charge in [-0.25, -0.2) is 4.79 Å². The van der Waals surface area contributed by atoms with Gasteiger partial charge in [-0.3, -0.25) is 4.79 Å². The summed E-state index contributed by atoms with van der Waals surface area (Å²) >= 11 is 0. The number of benzene rings is 1. The van der Waals surface area contributed by atoms with Crippen LogP contribution < -0.4 is 20.8 Å². The van der Waals surface area contributed by atoms with Crippen molar-refractivity contribution in [2.75, 3.05) is 13.2 Å². The van der Waals surface area contributed by atoms with Crippen molar-refractivity contribution in [1.82, 2.24) is 4.57 Å². The first-order chi connectivity index (χ1) is 15.3. The third-order valence-electron chi connectivity index (χ3n) is 5.19. The number of aromatic nitrogens is 1. The van der Waals surface area contributed by atoms with Crippen molar-refractivity contribution in [2.45, 2.75) is 80.9 Å². The number of ether oxygens (including phenoxy) is 3. The van der Waals surface area contributed by atoms with Crippen molar-refractivity contribution < 1.29 is 19.0 Å². The maximum absolute atomic E-state index is 13.8. The molecule has 33 heavy (non-hydrogen) atoms. The zero-order chi connectivity index (χ0) is 25.0. The fourth-order valence-corrected chi connectivity index (χ4v) is 3.79. The van der Waals surface area contributed by atoms with E-state index in [9.17, 15) is 9.59 Å². The Balaban J connectivity index is 3.01. The van der Waals surface area contributed by atoms with Crippen molar-refractivity contribution in [3.05, 3.63) is 34.2 Å². The van der Waals surface area contributed by atoms with Crippen molar-refractivity contribution in [2.24, 2.45) is 16.6 Å². The number of fused-ring (bicyclic) bond motifs is 1. The number of carbonyl (C=O) groups is 1. The molecular weight excluding hydrogens is 420 g/mol. The fraction of sp³-hybridized carbons (Fsp3) is 0.615. The van der Waals surface area contributed by atoms with E-state index in [4.69, 9.17) is 19.9 Å². The standard InChI is InChI=1S/C26H40N2O5/c1-9-11-14-32-21-19-15-17(31-10-2)12-13-18(19)23(29)28(16-25(3,4)5)20(21)22(26(6,7)8)33-24(27)30/h12-13,15,22H,9-11,14,16H2,1-8H3,(H2,27,30). The number of amides is 1. The maximum Gasteiger partial charge on any atom is 0.405 e. The molecule has 0 saturated carbocycles.